The van der Waals surface area contributed by atoms with Crippen LogP contribution in [0.25, 0.3) is 0 Å². The van der Waals surface area contributed by atoms with Crippen LogP contribution < -0.4 is 5.73 Å². The van der Waals surface area contributed by atoms with E-state index in [1.54, 1.807) is 6.92 Å². The molecule has 0 aromatic heterocycles. The van der Waals surface area contributed by atoms with Crippen molar-refractivity contribution in [3.05, 3.63) is 59.7 Å². The van der Waals surface area contributed by atoms with Crippen LogP contribution in [-0.4, -0.2) is 11.1 Å². The van der Waals surface area contributed by atoms with Crippen molar-refractivity contribution in [3.8, 4) is 5.75 Å². The fourth-order valence-corrected chi connectivity index (χ4v) is 1.73. The highest BCUT2D eigenvalue weighted by atomic mass is 16.5. The molecule has 98 valence electrons. The minimum Gasteiger partial charge on any atom is -0.507 e. The molecular formula is C15H15NO3. The second-order valence-electron chi connectivity index (χ2n) is 4.23. The molecule has 0 saturated carbocycles. The number of phenols is 1. The summed E-state index contributed by atoms with van der Waals surface area (Å²) in [6.45, 7) is 1.77. The summed E-state index contributed by atoms with van der Waals surface area (Å²) in [7, 11) is 0. The quantitative estimate of drug-likeness (QED) is 0.504. The first-order valence-electron chi connectivity index (χ1n) is 5.92. The third-order valence-corrected chi connectivity index (χ3v) is 2.79. The number of esters is 1. The van der Waals surface area contributed by atoms with Gasteiger partial charge in [-0.2, -0.15) is 0 Å². The number of benzene rings is 2. The number of aromatic hydroxyl groups is 1. The average molecular weight is 257 g/mol. The van der Waals surface area contributed by atoms with Crippen molar-refractivity contribution in [1.29, 1.82) is 0 Å². The smallest absolute Gasteiger partial charge is 0.342 e. The SMILES string of the molecule is CC(OC(=O)c1cc(N)ccc1O)c1ccccc1. The summed E-state index contributed by atoms with van der Waals surface area (Å²) in [5, 5.41) is 9.63. The number of carbonyl (C=O) groups excluding carboxylic acids is 1. The second kappa shape index (κ2) is 5.44. The van der Waals surface area contributed by atoms with E-state index >= 15 is 0 Å². The first-order chi connectivity index (χ1) is 9.08. The molecule has 1 atom stereocenters. The van der Waals surface area contributed by atoms with Crippen molar-refractivity contribution >= 4 is 11.7 Å². The standard InChI is InChI=1S/C15H15NO3/c1-10(11-5-3-2-4-6-11)19-15(18)13-9-12(16)7-8-14(13)17/h2-10,17H,16H2,1H3. The Morgan fingerprint density at radius 1 is 1.21 bits per heavy atom. The molecule has 0 bridgehead atoms. The molecule has 0 amide bonds. The number of ether oxygens (including phenoxy) is 1. The topological polar surface area (TPSA) is 72.5 Å². The molecule has 2 aromatic carbocycles. The number of nitrogens with two attached hydrogens (primary N) is 1. The third-order valence-electron chi connectivity index (χ3n) is 2.79. The lowest BCUT2D eigenvalue weighted by molar-refractivity contribution is 0.0335. The van der Waals surface area contributed by atoms with Gasteiger partial charge in [0.25, 0.3) is 0 Å². The largest absolute Gasteiger partial charge is 0.507 e. The maximum absolute atomic E-state index is 12.0. The molecule has 2 aromatic rings. The van der Waals surface area contributed by atoms with Gasteiger partial charge in [0.1, 0.15) is 17.4 Å². The zero-order chi connectivity index (χ0) is 13.8. The summed E-state index contributed by atoms with van der Waals surface area (Å²) in [6, 6.07) is 13.7. The number of carbonyl (C=O) groups is 1. The highest BCUT2D eigenvalue weighted by Crippen LogP contribution is 2.24. The molecule has 2 rings (SSSR count). The van der Waals surface area contributed by atoms with E-state index in [1.165, 1.54) is 18.2 Å². The Morgan fingerprint density at radius 3 is 2.58 bits per heavy atom. The Morgan fingerprint density at radius 2 is 1.89 bits per heavy atom. The first kappa shape index (κ1) is 13.0. The predicted octanol–water partition coefficient (Wildman–Crippen LogP) is 2.89. The fourth-order valence-electron chi connectivity index (χ4n) is 1.73. The van der Waals surface area contributed by atoms with E-state index in [9.17, 15) is 9.90 Å². The lowest BCUT2D eigenvalue weighted by Crippen LogP contribution is -2.09. The van der Waals surface area contributed by atoms with Crippen LogP contribution in [0.4, 0.5) is 5.69 Å². The molecule has 0 fully saturated rings. The fraction of sp³-hybridized carbons (Fsp3) is 0.133. The Hall–Kier alpha value is -2.49. The summed E-state index contributed by atoms with van der Waals surface area (Å²) < 4.78 is 5.30. The minimum absolute atomic E-state index is 0.0720. The van der Waals surface area contributed by atoms with Gasteiger partial charge in [-0.05, 0) is 30.7 Å². The van der Waals surface area contributed by atoms with Crippen LogP contribution in [0.2, 0.25) is 0 Å². The Kier molecular flexibility index (Phi) is 3.71. The maximum atomic E-state index is 12.0. The Labute approximate surface area is 111 Å². The Balaban J connectivity index is 2.15. The first-order valence-corrected chi connectivity index (χ1v) is 5.92. The predicted molar refractivity (Wildman–Crippen MR) is 72.8 cm³/mol. The second-order valence-corrected chi connectivity index (χ2v) is 4.23. The number of hydrogen-bond donors (Lipinski definition) is 2. The van der Waals surface area contributed by atoms with Crippen molar-refractivity contribution < 1.29 is 14.6 Å². The van der Waals surface area contributed by atoms with Gasteiger partial charge in [0.2, 0.25) is 0 Å². The van der Waals surface area contributed by atoms with Gasteiger partial charge in [-0.3, -0.25) is 0 Å². The molecule has 4 heteroatoms. The van der Waals surface area contributed by atoms with E-state index in [2.05, 4.69) is 0 Å². The zero-order valence-corrected chi connectivity index (χ0v) is 10.5. The van der Waals surface area contributed by atoms with Crippen LogP contribution in [0.1, 0.15) is 28.9 Å². The summed E-state index contributed by atoms with van der Waals surface area (Å²) in [6.07, 6.45) is -0.394. The third kappa shape index (κ3) is 3.04. The summed E-state index contributed by atoms with van der Waals surface area (Å²) in [5.41, 5.74) is 6.95. The molecule has 0 saturated heterocycles. The highest BCUT2D eigenvalue weighted by molar-refractivity contribution is 5.93. The van der Waals surface area contributed by atoms with Gasteiger partial charge >= 0.3 is 5.97 Å². The molecule has 3 N–H and O–H groups in total. The van der Waals surface area contributed by atoms with Gasteiger partial charge in [0.05, 0.1) is 0 Å². The van der Waals surface area contributed by atoms with Gasteiger partial charge in [-0.15, -0.1) is 0 Å². The number of nitrogen functional groups attached to an aromatic ring is 1. The molecule has 0 aliphatic rings. The number of rotatable bonds is 3. The van der Waals surface area contributed by atoms with Gasteiger partial charge in [0.15, 0.2) is 0 Å². The van der Waals surface area contributed by atoms with Crippen molar-refractivity contribution in [1.82, 2.24) is 0 Å². The normalized spacial score (nSPS) is 11.8. The molecule has 1 unspecified atom stereocenters. The van der Waals surface area contributed by atoms with Crippen molar-refractivity contribution in [2.45, 2.75) is 13.0 Å². The van der Waals surface area contributed by atoms with Crippen LogP contribution in [0.15, 0.2) is 48.5 Å². The minimum atomic E-state index is -0.596. The van der Waals surface area contributed by atoms with E-state index in [4.69, 9.17) is 10.5 Å². The van der Waals surface area contributed by atoms with Gasteiger partial charge in [0, 0.05) is 5.69 Å². The van der Waals surface area contributed by atoms with Crippen LogP contribution >= 0.6 is 0 Å². The monoisotopic (exact) mass is 257 g/mol. The van der Waals surface area contributed by atoms with Gasteiger partial charge in [-0.25, -0.2) is 4.79 Å². The van der Waals surface area contributed by atoms with E-state index in [0.29, 0.717) is 5.69 Å². The van der Waals surface area contributed by atoms with Gasteiger partial charge < -0.3 is 15.6 Å². The van der Waals surface area contributed by atoms with Crippen LogP contribution in [0.3, 0.4) is 0 Å². The zero-order valence-electron chi connectivity index (χ0n) is 10.5. The van der Waals surface area contributed by atoms with E-state index < -0.39 is 12.1 Å². The van der Waals surface area contributed by atoms with E-state index in [0.717, 1.165) is 5.56 Å². The molecule has 0 heterocycles. The lowest BCUT2D eigenvalue weighted by Gasteiger charge is -2.14. The Bertz CT molecular complexity index is 581. The van der Waals surface area contributed by atoms with Crippen LogP contribution in [-0.2, 0) is 4.74 Å². The van der Waals surface area contributed by atoms with Crippen molar-refractivity contribution in [2.75, 3.05) is 5.73 Å². The summed E-state index contributed by atoms with van der Waals surface area (Å²) in [5.74, 6) is -0.736. The van der Waals surface area contributed by atoms with Crippen LogP contribution in [0, 0.1) is 0 Å². The van der Waals surface area contributed by atoms with Crippen molar-refractivity contribution in [2.24, 2.45) is 0 Å². The number of anilines is 1. The molecule has 0 aliphatic heterocycles. The number of hydrogen-bond acceptors (Lipinski definition) is 4. The summed E-state index contributed by atoms with van der Waals surface area (Å²) in [4.78, 5) is 12.0. The van der Waals surface area contributed by atoms with Crippen LogP contribution in [0.5, 0.6) is 5.75 Å². The number of phenolic OH excluding ortho intramolecular Hbond substituents is 1. The summed E-state index contributed by atoms with van der Waals surface area (Å²) >= 11 is 0. The average Bonchev–Trinajstić information content (AvgIpc) is 2.42. The highest BCUT2D eigenvalue weighted by Gasteiger charge is 2.17. The lowest BCUT2D eigenvalue weighted by atomic mass is 10.1. The van der Waals surface area contributed by atoms with Gasteiger partial charge in [-0.1, -0.05) is 30.3 Å². The van der Waals surface area contributed by atoms with E-state index in [1.807, 2.05) is 30.3 Å². The maximum Gasteiger partial charge on any atom is 0.342 e. The molecule has 4 nitrogen and oxygen atoms in total. The molecule has 0 aliphatic carbocycles. The molecular weight excluding hydrogens is 242 g/mol. The van der Waals surface area contributed by atoms with E-state index in [-0.39, 0.29) is 11.3 Å². The molecule has 19 heavy (non-hydrogen) atoms. The molecule has 0 radical (unpaired) electrons. The van der Waals surface area contributed by atoms with Crippen molar-refractivity contribution in [3.63, 3.8) is 0 Å². The molecule has 0 spiro atoms.